The van der Waals surface area contributed by atoms with Crippen LogP contribution in [0.15, 0.2) is 0 Å². The minimum absolute atomic E-state index is 0.0158. The van der Waals surface area contributed by atoms with Crippen LogP contribution in [0.2, 0.25) is 0 Å². The molecule has 0 heterocycles. The Labute approximate surface area is 406 Å². The number of aliphatic hydroxyl groups excluding tert-OH is 2. The van der Waals surface area contributed by atoms with Gasteiger partial charge in [0.15, 0.2) is 0 Å². The van der Waals surface area contributed by atoms with Gasteiger partial charge < -0.3 is 20.3 Å². The second-order valence-corrected chi connectivity index (χ2v) is 20.7. The van der Waals surface area contributed by atoms with Gasteiger partial charge in [0.05, 0.1) is 25.4 Å². The SMILES string of the molecule is CCCCCCCCCCCCCCCC(O)C(CO)NC(=O)CCCCCCCCCCCCCCCCCCCCCCCCCCOC(=O)CCCCCCCCCCCCC. The minimum Gasteiger partial charge on any atom is -0.466 e. The van der Waals surface area contributed by atoms with Crippen molar-refractivity contribution >= 4 is 11.9 Å². The van der Waals surface area contributed by atoms with Crippen molar-refractivity contribution in [2.75, 3.05) is 13.2 Å². The molecule has 2 atom stereocenters. The molecule has 1 amide bonds. The normalized spacial score (nSPS) is 12.5. The first-order valence-corrected chi connectivity index (χ1v) is 29.8. The molecule has 2 unspecified atom stereocenters. The molecule has 0 spiro atoms. The van der Waals surface area contributed by atoms with Crippen LogP contribution in [0, 0.1) is 0 Å². The molecule has 0 bridgehead atoms. The highest BCUT2D eigenvalue weighted by Gasteiger charge is 2.20. The molecule has 0 aromatic carbocycles. The zero-order valence-corrected chi connectivity index (χ0v) is 44.3. The lowest BCUT2D eigenvalue weighted by Crippen LogP contribution is -2.45. The molecular weight excluding hydrogens is 803 g/mol. The second kappa shape index (κ2) is 55.5. The number of esters is 1. The fourth-order valence-corrected chi connectivity index (χ4v) is 9.58. The lowest BCUT2D eigenvalue weighted by molar-refractivity contribution is -0.143. The smallest absolute Gasteiger partial charge is 0.305 e. The monoisotopic (exact) mass is 920 g/mol. The van der Waals surface area contributed by atoms with Crippen molar-refractivity contribution in [3.63, 3.8) is 0 Å². The van der Waals surface area contributed by atoms with Gasteiger partial charge in [0.25, 0.3) is 0 Å². The van der Waals surface area contributed by atoms with E-state index in [0.717, 1.165) is 38.5 Å². The van der Waals surface area contributed by atoms with Gasteiger partial charge in [0, 0.05) is 12.8 Å². The van der Waals surface area contributed by atoms with Crippen molar-refractivity contribution in [3.05, 3.63) is 0 Å². The summed E-state index contributed by atoms with van der Waals surface area (Å²) in [6.45, 7) is 4.97. The number of unbranched alkanes of at least 4 members (excludes halogenated alkanes) is 45. The number of amides is 1. The number of carbonyl (C=O) groups excluding carboxylic acids is 2. The molecule has 388 valence electrons. The van der Waals surface area contributed by atoms with Crippen molar-refractivity contribution in [1.29, 1.82) is 0 Å². The molecule has 0 radical (unpaired) electrons. The van der Waals surface area contributed by atoms with Crippen LogP contribution in [-0.4, -0.2) is 47.4 Å². The van der Waals surface area contributed by atoms with Gasteiger partial charge in [0.1, 0.15) is 0 Å². The van der Waals surface area contributed by atoms with Gasteiger partial charge in [-0.2, -0.15) is 0 Å². The Balaban J connectivity index is 3.34. The maximum absolute atomic E-state index is 12.5. The summed E-state index contributed by atoms with van der Waals surface area (Å²) in [7, 11) is 0. The van der Waals surface area contributed by atoms with Gasteiger partial charge in [-0.3, -0.25) is 9.59 Å². The Kier molecular flexibility index (Phi) is 54.5. The molecule has 0 aromatic rings. The molecule has 65 heavy (non-hydrogen) atoms. The van der Waals surface area contributed by atoms with Gasteiger partial charge >= 0.3 is 5.97 Å². The van der Waals surface area contributed by atoms with E-state index in [0.29, 0.717) is 25.9 Å². The molecule has 6 nitrogen and oxygen atoms in total. The molecule has 0 fully saturated rings. The molecule has 0 aliphatic carbocycles. The van der Waals surface area contributed by atoms with Crippen LogP contribution in [0.1, 0.15) is 341 Å². The molecule has 0 saturated heterocycles. The fourth-order valence-electron chi connectivity index (χ4n) is 9.58. The topological polar surface area (TPSA) is 95.9 Å². The summed E-state index contributed by atoms with van der Waals surface area (Å²) in [5.41, 5.74) is 0. The third-order valence-electron chi connectivity index (χ3n) is 14.2. The Hall–Kier alpha value is -1.14. The third-order valence-corrected chi connectivity index (χ3v) is 14.2. The van der Waals surface area contributed by atoms with Crippen LogP contribution in [-0.2, 0) is 14.3 Å². The highest BCUT2D eigenvalue weighted by atomic mass is 16.5. The van der Waals surface area contributed by atoms with E-state index in [1.165, 1.54) is 270 Å². The number of hydrogen-bond donors (Lipinski definition) is 3. The summed E-state index contributed by atoms with van der Waals surface area (Å²) in [5, 5.41) is 23.2. The van der Waals surface area contributed by atoms with E-state index in [-0.39, 0.29) is 18.5 Å². The largest absolute Gasteiger partial charge is 0.466 e. The summed E-state index contributed by atoms with van der Waals surface area (Å²) in [5.74, 6) is -0.0160. The number of ether oxygens (including phenoxy) is 1. The first kappa shape index (κ1) is 63.9. The minimum atomic E-state index is -0.661. The van der Waals surface area contributed by atoms with E-state index in [4.69, 9.17) is 4.74 Å². The van der Waals surface area contributed by atoms with Gasteiger partial charge in [-0.1, -0.05) is 303 Å². The number of carbonyl (C=O) groups is 2. The molecule has 0 rings (SSSR count). The maximum atomic E-state index is 12.5. The summed E-state index contributed by atoms with van der Waals surface area (Å²) in [6.07, 6.45) is 63.9. The summed E-state index contributed by atoms with van der Waals surface area (Å²) < 4.78 is 5.47. The molecule has 0 aromatic heterocycles. The lowest BCUT2D eigenvalue weighted by Gasteiger charge is -2.22. The van der Waals surface area contributed by atoms with Gasteiger partial charge in [0.2, 0.25) is 5.91 Å². The standard InChI is InChI=1S/C59H117NO5/c1-3-5-7-9-11-13-15-28-32-35-39-43-47-51-57(62)56(55-61)60-58(63)52-48-44-40-36-33-29-26-24-22-20-18-16-17-19-21-23-25-27-30-34-38-42-46-50-54-65-59(64)53-49-45-41-37-31-14-12-10-8-6-4-2/h56-57,61-62H,3-55H2,1-2H3,(H,60,63). The molecular formula is C59H117NO5. The summed E-state index contributed by atoms with van der Waals surface area (Å²) in [4.78, 5) is 24.5. The van der Waals surface area contributed by atoms with E-state index in [1.54, 1.807) is 0 Å². The van der Waals surface area contributed by atoms with Crippen LogP contribution >= 0.6 is 0 Å². The van der Waals surface area contributed by atoms with Crippen LogP contribution in [0.4, 0.5) is 0 Å². The molecule has 3 N–H and O–H groups in total. The average molecular weight is 921 g/mol. The van der Waals surface area contributed by atoms with Crippen LogP contribution in [0.3, 0.4) is 0 Å². The van der Waals surface area contributed by atoms with E-state index in [2.05, 4.69) is 19.2 Å². The van der Waals surface area contributed by atoms with E-state index in [9.17, 15) is 19.8 Å². The lowest BCUT2D eigenvalue weighted by atomic mass is 10.0. The van der Waals surface area contributed by atoms with Gasteiger partial charge in [-0.15, -0.1) is 0 Å². The number of rotatable bonds is 56. The Bertz CT molecular complexity index is 928. The summed E-state index contributed by atoms with van der Waals surface area (Å²) >= 11 is 0. The molecule has 6 heteroatoms. The fraction of sp³-hybridized carbons (Fsp3) is 0.966. The van der Waals surface area contributed by atoms with Crippen molar-refractivity contribution in [1.82, 2.24) is 5.32 Å². The molecule has 0 aliphatic rings. The zero-order chi connectivity index (χ0) is 47.2. The molecule has 0 aliphatic heterocycles. The average Bonchev–Trinajstić information content (AvgIpc) is 3.31. The van der Waals surface area contributed by atoms with E-state index < -0.39 is 12.1 Å². The number of aliphatic hydroxyl groups is 2. The van der Waals surface area contributed by atoms with Crippen LogP contribution < -0.4 is 5.32 Å². The Morgan fingerprint density at radius 3 is 0.938 bits per heavy atom. The highest BCUT2D eigenvalue weighted by Crippen LogP contribution is 2.18. The Morgan fingerprint density at radius 1 is 0.369 bits per heavy atom. The van der Waals surface area contributed by atoms with Crippen molar-refractivity contribution in [3.8, 4) is 0 Å². The summed E-state index contributed by atoms with van der Waals surface area (Å²) in [6, 6.07) is -0.538. The molecule has 0 saturated carbocycles. The second-order valence-electron chi connectivity index (χ2n) is 20.7. The van der Waals surface area contributed by atoms with Gasteiger partial charge in [-0.25, -0.2) is 0 Å². The van der Waals surface area contributed by atoms with Crippen molar-refractivity contribution in [2.45, 2.75) is 353 Å². The number of hydrogen-bond acceptors (Lipinski definition) is 5. The highest BCUT2D eigenvalue weighted by molar-refractivity contribution is 5.76. The predicted octanol–water partition coefficient (Wildman–Crippen LogP) is 18.3. The first-order chi connectivity index (χ1) is 32.0. The van der Waals surface area contributed by atoms with Gasteiger partial charge in [-0.05, 0) is 25.7 Å². The van der Waals surface area contributed by atoms with Crippen molar-refractivity contribution in [2.24, 2.45) is 0 Å². The van der Waals surface area contributed by atoms with Crippen molar-refractivity contribution < 1.29 is 24.5 Å². The first-order valence-electron chi connectivity index (χ1n) is 29.8. The van der Waals surface area contributed by atoms with Crippen LogP contribution in [0.5, 0.6) is 0 Å². The quantitative estimate of drug-likeness (QED) is 0.0417. The van der Waals surface area contributed by atoms with Crippen LogP contribution in [0.25, 0.3) is 0 Å². The third kappa shape index (κ3) is 52.1. The zero-order valence-electron chi connectivity index (χ0n) is 44.3. The van der Waals surface area contributed by atoms with E-state index in [1.807, 2.05) is 0 Å². The number of nitrogens with one attached hydrogen (secondary N) is 1. The maximum Gasteiger partial charge on any atom is 0.305 e. The predicted molar refractivity (Wildman–Crippen MR) is 283 cm³/mol. The van der Waals surface area contributed by atoms with E-state index >= 15 is 0 Å². The Morgan fingerprint density at radius 2 is 0.631 bits per heavy atom.